The Balaban J connectivity index is 2.22. The van der Waals surface area contributed by atoms with Crippen LogP contribution in [-0.4, -0.2) is 30.1 Å². The lowest BCUT2D eigenvalue weighted by Crippen LogP contribution is -2.49. The van der Waals surface area contributed by atoms with E-state index in [1.165, 1.54) is 90.0 Å². The maximum Gasteiger partial charge on any atom is 0.0221 e. The fraction of sp³-hybridized carbons (Fsp3) is 1.00. The van der Waals surface area contributed by atoms with E-state index in [1.54, 1.807) is 0 Å². The van der Waals surface area contributed by atoms with Crippen LogP contribution in [0.1, 0.15) is 97.3 Å². The van der Waals surface area contributed by atoms with Gasteiger partial charge in [-0.05, 0) is 32.2 Å². The maximum absolute atomic E-state index is 6.10. The Bertz CT molecular complexity index is 228. The minimum Gasteiger partial charge on any atom is -0.329 e. The minimum atomic E-state index is 0.650. The van der Waals surface area contributed by atoms with Gasteiger partial charge in [0.1, 0.15) is 0 Å². The number of nitrogens with zero attached hydrogens (tertiary/aromatic N) is 1. The van der Waals surface area contributed by atoms with Crippen molar-refractivity contribution in [3.63, 3.8) is 0 Å². The number of nitrogens with two attached hydrogens (primary N) is 1. The number of rotatable bonds is 12. The summed E-state index contributed by atoms with van der Waals surface area (Å²) in [5, 5.41) is 0. The molecular weight excluding hydrogens is 256 g/mol. The van der Waals surface area contributed by atoms with Gasteiger partial charge in [-0.25, -0.2) is 0 Å². The highest BCUT2D eigenvalue weighted by Gasteiger charge is 2.26. The summed E-state index contributed by atoms with van der Waals surface area (Å²) in [6.45, 7) is 6.76. The summed E-state index contributed by atoms with van der Waals surface area (Å²) < 4.78 is 0. The lowest BCUT2D eigenvalue weighted by Gasteiger charge is -2.41. The molecule has 0 bridgehead atoms. The van der Waals surface area contributed by atoms with Gasteiger partial charge in [0.2, 0.25) is 0 Å². The third-order valence-electron chi connectivity index (χ3n) is 5.18. The molecular formula is C19H40N2. The molecule has 2 atom stereocenters. The van der Waals surface area contributed by atoms with Crippen LogP contribution in [0.15, 0.2) is 0 Å². The lowest BCUT2D eigenvalue weighted by molar-refractivity contribution is 0.0853. The van der Waals surface area contributed by atoms with Crippen molar-refractivity contribution in [2.24, 2.45) is 5.73 Å². The van der Waals surface area contributed by atoms with Crippen LogP contribution in [0.2, 0.25) is 0 Å². The molecule has 1 saturated heterocycles. The molecule has 2 nitrogen and oxygen atoms in total. The Morgan fingerprint density at radius 3 is 2.33 bits per heavy atom. The molecule has 126 valence electrons. The standard InChI is InChI=1S/C19H40N2/c1-3-5-6-7-8-9-10-15-19(17-20)21-16-12-11-14-18(21)13-4-2/h18-19H,3-17,20H2,1-2H3. The van der Waals surface area contributed by atoms with Crippen LogP contribution in [-0.2, 0) is 0 Å². The van der Waals surface area contributed by atoms with Gasteiger partial charge in [0.15, 0.2) is 0 Å². The smallest absolute Gasteiger partial charge is 0.0221 e. The van der Waals surface area contributed by atoms with E-state index in [1.807, 2.05) is 0 Å². The monoisotopic (exact) mass is 296 g/mol. The van der Waals surface area contributed by atoms with Gasteiger partial charge < -0.3 is 5.73 Å². The van der Waals surface area contributed by atoms with Crippen LogP contribution >= 0.6 is 0 Å². The number of unbranched alkanes of at least 4 members (excludes halogenated alkanes) is 6. The zero-order valence-corrected chi connectivity index (χ0v) is 14.8. The lowest BCUT2D eigenvalue weighted by atomic mass is 9.94. The molecule has 0 aromatic carbocycles. The zero-order valence-electron chi connectivity index (χ0n) is 14.8. The van der Waals surface area contributed by atoms with Gasteiger partial charge >= 0.3 is 0 Å². The van der Waals surface area contributed by atoms with E-state index in [-0.39, 0.29) is 0 Å². The van der Waals surface area contributed by atoms with Crippen LogP contribution in [0.5, 0.6) is 0 Å². The normalized spacial score (nSPS) is 21.6. The number of piperidine rings is 1. The van der Waals surface area contributed by atoms with E-state index in [0.717, 1.165) is 12.6 Å². The molecule has 2 N–H and O–H groups in total. The number of hydrogen-bond acceptors (Lipinski definition) is 2. The molecule has 0 aromatic heterocycles. The highest BCUT2D eigenvalue weighted by atomic mass is 15.2. The maximum atomic E-state index is 6.10. The van der Waals surface area contributed by atoms with E-state index in [9.17, 15) is 0 Å². The molecule has 2 unspecified atom stereocenters. The molecule has 1 aliphatic heterocycles. The molecule has 1 rings (SSSR count). The van der Waals surface area contributed by atoms with E-state index in [2.05, 4.69) is 18.7 Å². The fourth-order valence-corrected chi connectivity index (χ4v) is 3.90. The SMILES string of the molecule is CCCCCCCCCC(CN)N1CCCCC1CCC. The third kappa shape index (κ3) is 7.65. The topological polar surface area (TPSA) is 29.3 Å². The quantitative estimate of drug-likeness (QED) is 0.507. The van der Waals surface area contributed by atoms with E-state index < -0.39 is 0 Å². The summed E-state index contributed by atoms with van der Waals surface area (Å²) in [5.74, 6) is 0. The average Bonchev–Trinajstić information content (AvgIpc) is 2.51. The second kappa shape index (κ2) is 12.5. The Morgan fingerprint density at radius 1 is 0.952 bits per heavy atom. The van der Waals surface area contributed by atoms with Crippen molar-refractivity contribution >= 4 is 0 Å². The van der Waals surface area contributed by atoms with Crippen molar-refractivity contribution in [2.75, 3.05) is 13.1 Å². The number of likely N-dealkylation sites (tertiary alicyclic amines) is 1. The predicted molar refractivity (Wildman–Crippen MR) is 94.7 cm³/mol. The van der Waals surface area contributed by atoms with Crippen LogP contribution < -0.4 is 5.73 Å². The Morgan fingerprint density at radius 2 is 1.67 bits per heavy atom. The van der Waals surface area contributed by atoms with E-state index in [4.69, 9.17) is 5.73 Å². The predicted octanol–water partition coefficient (Wildman–Crippen LogP) is 5.11. The van der Waals surface area contributed by atoms with Crippen molar-refractivity contribution in [3.05, 3.63) is 0 Å². The molecule has 0 saturated carbocycles. The summed E-state index contributed by atoms with van der Waals surface area (Å²) in [6, 6.07) is 1.47. The van der Waals surface area contributed by atoms with Gasteiger partial charge in [-0.15, -0.1) is 0 Å². The van der Waals surface area contributed by atoms with Crippen LogP contribution in [0.3, 0.4) is 0 Å². The molecule has 0 spiro atoms. The highest BCUT2D eigenvalue weighted by molar-refractivity contribution is 4.83. The molecule has 2 heteroatoms. The van der Waals surface area contributed by atoms with Crippen molar-refractivity contribution in [1.82, 2.24) is 4.90 Å². The second-order valence-corrected chi connectivity index (χ2v) is 6.98. The fourth-order valence-electron chi connectivity index (χ4n) is 3.90. The largest absolute Gasteiger partial charge is 0.329 e. The molecule has 1 heterocycles. The molecule has 1 aliphatic rings. The summed E-state index contributed by atoms with van der Waals surface area (Å²) in [4.78, 5) is 2.77. The van der Waals surface area contributed by atoms with Gasteiger partial charge in [-0.3, -0.25) is 4.90 Å². The summed E-state index contributed by atoms with van der Waals surface area (Å²) in [6.07, 6.45) is 18.1. The van der Waals surface area contributed by atoms with Crippen molar-refractivity contribution in [2.45, 2.75) is 109 Å². The summed E-state index contributed by atoms with van der Waals surface area (Å²) in [7, 11) is 0. The van der Waals surface area contributed by atoms with Gasteiger partial charge in [-0.2, -0.15) is 0 Å². The molecule has 1 fully saturated rings. The van der Waals surface area contributed by atoms with Crippen LogP contribution in [0, 0.1) is 0 Å². The third-order valence-corrected chi connectivity index (χ3v) is 5.18. The van der Waals surface area contributed by atoms with Gasteiger partial charge in [0.05, 0.1) is 0 Å². The number of hydrogen-bond donors (Lipinski definition) is 1. The molecule has 0 radical (unpaired) electrons. The first-order valence-corrected chi connectivity index (χ1v) is 9.79. The zero-order chi connectivity index (χ0) is 15.3. The van der Waals surface area contributed by atoms with Crippen LogP contribution in [0.25, 0.3) is 0 Å². The first-order valence-electron chi connectivity index (χ1n) is 9.79. The van der Waals surface area contributed by atoms with Crippen molar-refractivity contribution < 1.29 is 0 Å². The molecule has 0 aliphatic carbocycles. The van der Waals surface area contributed by atoms with E-state index >= 15 is 0 Å². The Kier molecular flexibility index (Phi) is 11.3. The van der Waals surface area contributed by atoms with Crippen LogP contribution in [0.4, 0.5) is 0 Å². The van der Waals surface area contributed by atoms with Gasteiger partial charge in [-0.1, -0.05) is 71.6 Å². The summed E-state index contributed by atoms with van der Waals surface area (Å²) >= 11 is 0. The van der Waals surface area contributed by atoms with Crippen molar-refractivity contribution in [3.8, 4) is 0 Å². The molecule has 21 heavy (non-hydrogen) atoms. The first-order chi connectivity index (χ1) is 10.3. The Hall–Kier alpha value is -0.0800. The van der Waals surface area contributed by atoms with Gasteiger partial charge in [0, 0.05) is 18.6 Å². The second-order valence-electron chi connectivity index (χ2n) is 6.98. The molecule has 0 amide bonds. The van der Waals surface area contributed by atoms with Gasteiger partial charge in [0.25, 0.3) is 0 Å². The Labute approximate surface area is 133 Å². The molecule has 0 aromatic rings. The van der Waals surface area contributed by atoms with E-state index in [0.29, 0.717) is 6.04 Å². The highest BCUT2D eigenvalue weighted by Crippen LogP contribution is 2.25. The summed E-state index contributed by atoms with van der Waals surface area (Å²) in [5.41, 5.74) is 6.10. The average molecular weight is 297 g/mol. The minimum absolute atomic E-state index is 0.650. The van der Waals surface area contributed by atoms with Crippen molar-refractivity contribution in [1.29, 1.82) is 0 Å². The first kappa shape index (κ1) is 19.0.